The Labute approximate surface area is 122 Å². The molecule has 1 aliphatic carbocycles. The van der Waals surface area contributed by atoms with Gasteiger partial charge in [-0.05, 0) is 43.0 Å². The molecule has 112 valence electrons. The maximum Gasteiger partial charge on any atom is 0.328 e. The van der Waals surface area contributed by atoms with Crippen molar-refractivity contribution in [3.05, 3.63) is 35.7 Å². The van der Waals surface area contributed by atoms with E-state index in [1.807, 2.05) is 0 Å². The van der Waals surface area contributed by atoms with Gasteiger partial charge in [0.1, 0.15) is 5.82 Å². The van der Waals surface area contributed by atoms with E-state index in [0.717, 1.165) is 25.3 Å². The van der Waals surface area contributed by atoms with E-state index in [2.05, 4.69) is 4.90 Å². The highest BCUT2D eigenvalue weighted by Crippen LogP contribution is 2.34. The van der Waals surface area contributed by atoms with Gasteiger partial charge < -0.3 is 14.7 Å². The second kappa shape index (κ2) is 5.85. The Hall–Kier alpha value is -1.88. The number of benzene rings is 1. The maximum absolute atomic E-state index is 14.4. The van der Waals surface area contributed by atoms with Crippen molar-refractivity contribution in [2.75, 3.05) is 18.1 Å². The molecule has 0 bridgehead atoms. The van der Waals surface area contributed by atoms with Crippen LogP contribution in [0.15, 0.2) is 24.3 Å². The lowest BCUT2D eigenvalue weighted by Crippen LogP contribution is -2.49. The zero-order valence-electron chi connectivity index (χ0n) is 11.7. The predicted octanol–water partition coefficient (Wildman–Crippen LogP) is 2.68. The fourth-order valence-corrected chi connectivity index (χ4v) is 3.25. The fourth-order valence-electron chi connectivity index (χ4n) is 3.25. The Balaban J connectivity index is 1.83. The summed E-state index contributed by atoms with van der Waals surface area (Å²) in [5.41, 5.74) is 1.14. The SMILES string of the molecule is O=C(O)C=Cc1ccc(N2CCOC3CCCC32)c(F)c1. The van der Waals surface area contributed by atoms with Crippen molar-refractivity contribution in [1.82, 2.24) is 0 Å². The number of halogens is 1. The number of hydrogen-bond donors (Lipinski definition) is 1. The quantitative estimate of drug-likeness (QED) is 0.870. The van der Waals surface area contributed by atoms with E-state index in [1.54, 1.807) is 12.1 Å². The molecule has 0 radical (unpaired) electrons. The van der Waals surface area contributed by atoms with Crippen LogP contribution >= 0.6 is 0 Å². The van der Waals surface area contributed by atoms with Crippen LogP contribution < -0.4 is 4.90 Å². The molecule has 1 saturated carbocycles. The average molecular weight is 291 g/mol. The summed E-state index contributed by atoms with van der Waals surface area (Å²) in [7, 11) is 0. The van der Waals surface area contributed by atoms with Gasteiger partial charge in [-0.1, -0.05) is 6.07 Å². The molecule has 0 amide bonds. The summed E-state index contributed by atoms with van der Waals surface area (Å²) < 4.78 is 20.1. The molecule has 1 aromatic carbocycles. The number of fused-ring (bicyclic) bond motifs is 1. The van der Waals surface area contributed by atoms with Crippen LogP contribution in [0, 0.1) is 5.82 Å². The molecule has 2 unspecified atom stereocenters. The van der Waals surface area contributed by atoms with E-state index in [9.17, 15) is 9.18 Å². The zero-order chi connectivity index (χ0) is 14.8. The minimum absolute atomic E-state index is 0.213. The van der Waals surface area contributed by atoms with E-state index in [-0.39, 0.29) is 18.0 Å². The summed E-state index contributed by atoms with van der Waals surface area (Å²) >= 11 is 0. The third-order valence-corrected chi connectivity index (χ3v) is 4.18. The molecule has 1 saturated heterocycles. The van der Waals surface area contributed by atoms with Crippen LogP contribution in [0.4, 0.5) is 10.1 Å². The van der Waals surface area contributed by atoms with Crippen molar-refractivity contribution in [3.63, 3.8) is 0 Å². The summed E-state index contributed by atoms with van der Waals surface area (Å²) in [6.45, 7) is 1.32. The summed E-state index contributed by atoms with van der Waals surface area (Å²) in [6, 6.07) is 5.12. The lowest BCUT2D eigenvalue weighted by atomic mass is 10.1. The molecule has 2 fully saturated rings. The molecule has 2 atom stereocenters. The molecule has 1 aromatic rings. The molecule has 1 heterocycles. The van der Waals surface area contributed by atoms with Crippen LogP contribution in [0.3, 0.4) is 0 Å². The Morgan fingerprint density at radius 1 is 1.43 bits per heavy atom. The van der Waals surface area contributed by atoms with Crippen LogP contribution in [0.2, 0.25) is 0 Å². The van der Waals surface area contributed by atoms with E-state index in [4.69, 9.17) is 9.84 Å². The number of aliphatic carboxylic acids is 1. The van der Waals surface area contributed by atoms with Gasteiger partial charge >= 0.3 is 5.97 Å². The topological polar surface area (TPSA) is 49.8 Å². The first-order valence-electron chi connectivity index (χ1n) is 7.24. The van der Waals surface area contributed by atoms with Crippen molar-refractivity contribution in [3.8, 4) is 0 Å². The minimum atomic E-state index is -1.04. The first kappa shape index (κ1) is 14.1. The first-order chi connectivity index (χ1) is 10.1. The molecular formula is C16H18FNO3. The molecule has 5 heteroatoms. The van der Waals surface area contributed by atoms with Gasteiger partial charge in [0, 0.05) is 12.6 Å². The molecule has 0 aromatic heterocycles. The molecule has 21 heavy (non-hydrogen) atoms. The van der Waals surface area contributed by atoms with Gasteiger partial charge in [0.15, 0.2) is 0 Å². The Bertz CT molecular complexity index is 573. The highest BCUT2D eigenvalue weighted by Gasteiger charge is 2.36. The number of nitrogens with zero attached hydrogens (tertiary/aromatic N) is 1. The van der Waals surface area contributed by atoms with Gasteiger partial charge in [-0.15, -0.1) is 0 Å². The van der Waals surface area contributed by atoms with Crippen molar-refractivity contribution in [2.45, 2.75) is 31.4 Å². The van der Waals surface area contributed by atoms with Crippen LogP contribution in [0.25, 0.3) is 6.08 Å². The molecule has 1 aliphatic heterocycles. The monoisotopic (exact) mass is 291 g/mol. The number of carboxylic acids is 1. The lowest BCUT2D eigenvalue weighted by Gasteiger charge is -2.39. The van der Waals surface area contributed by atoms with Crippen molar-refractivity contribution in [2.24, 2.45) is 0 Å². The molecule has 1 N–H and O–H groups in total. The number of carbonyl (C=O) groups is 1. The van der Waals surface area contributed by atoms with Crippen LogP contribution in [0.1, 0.15) is 24.8 Å². The Kier molecular flexibility index (Phi) is 3.92. The van der Waals surface area contributed by atoms with Crippen LogP contribution in [-0.2, 0) is 9.53 Å². The average Bonchev–Trinajstić information content (AvgIpc) is 2.94. The predicted molar refractivity (Wildman–Crippen MR) is 77.8 cm³/mol. The van der Waals surface area contributed by atoms with Gasteiger partial charge in [-0.25, -0.2) is 9.18 Å². The van der Waals surface area contributed by atoms with Crippen molar-refractivity contribution >= 4 is 17.7 Å². The molecule has 4 nitrogen and oxygen atoms in total. The number of hydrogen-bond acceptors (Lipinski definition) is 3. The molecule has 0 spiro atoms. The maximum atomic E-state index is 14.4. The van der Waals surface area contributed by atoms with E-state index in [1.165, 1.54) is 12.1 Å². The van der Waals surface area contributed by atoms with Crippen molar-refractivity contribution < 1.29 is 19.0 Å². The number of ether oxygens (including phenoxy) is 1. The molecule has 2 aliphatic rings. The molecular weight excluding hydrogens is 273 g/mol. The van der Waals surface area contributed by atoms with Crippen LogP contribution in [-0.4, -0.2) is 36.4 Å². The van der Waals surface area contributed by atoms with Gasteiger partial charge in [0.05, 0.1) is 24.4 Å². The second-order valence-corrected chi connectivity index (χ2v) is 5.48. The summed E-state index contributed by atoms with van der Waals surface area (Å²) in [5, 5.41) is 8.60. The van der Waals surface area contributed by atoms with E-state index < -0.39 is 5.97 Å². The zero-order valence-corrected chi connectivity index (χ0v) is 11.7. The van der Waals surface area contributed by atoms with Crippen LogP contribution in [0.5, 0.6) is 0 Å². The minimum Gasteiger partial charge on any atom is -0.478 e. The number of anilines is 1. The van der Waals surface area contributed by atoms with Gasteiger partial charge in [0.25, 0.3) is 0 Å². The van der Waals surface area contributed by atoms with E-state index in [0.29, 0.717) is 24.4 Å². The number of rotatable bonds is 3. The Morgan fingerprint density at radius 3 is 3.05 bits per heavy atom. The largest absolute Gasteiger partial charge is 0.478 e. The van der Waals surface area contributed by atoms with Gasteiger partial charge in [-0.3, -0.25) is 0 Å². The fraction of sp³-hybridized carbons (Fsp3) is 0.438. The third-order valence-electron chi connectivity index (χ3n) is 4.18. The van der Waals surface area contributed by atoms with Gasteiger partial charge in [0.2, 0.25) is 0 Å². The standard InChI is InChI=1S/C16H18FNO3/c17-12-10-11(5-7-16(19)20)4-6-13(12)18-8-9-21-15-3-1-2-14(15)18/h4-7,10,14-15H,1-3,8-9H2,(H,19,20). The summed E-state index contributed by atoms with van der Waals surface area (Å²) in [6.07, 6.45) is 5.81. The first-order valence-corrected chi connectivity index (χ1v) is 7.24. The molecule has 3 rings (SSSR count). The summed E-state index contributed by atoms with van der Waals surface area (Å²) in [4.78, 5) is 12.6. The lowest BCUT2D eigenvalue weighted by molar-refractivity contribution is -0.131. The second-order valence-electron chi connectivity index (χ2n) is 5.48. The number of morpholine rings is 1. The normalized spacial score (nSPS) is 25.3. The van der Waals surface area contributed by atoms with E-state index >= 15 is 0 Å². The van der Waals surface area contributed by atoms with Gasteiger partial charge in [-0.2, -0.15) is 0 Å². The Morgan fingerprint density at radius 2 is 2.29 bits per heavy atom. The summed E-state index contributed by atoms with van der Waals surface area (Å²) in [5.74, 6) is -1.35. The highest BCUT2D eigenvalue weighted by molar-refractivity contribution is 5.85. The smallest absolute Gasteiger partial charge is 0.328 e. The number of carboxylic acid groups (broad SMARTS) is 1. The highest BCUT2D eigenvalue weighted by atomic mass is 19.1. The van der Waals surface area contributed by atoms with Crippen molar-refractivity contribution in [1.29, 1.82) is 0 Å². The third kappa shape index (κ3) is 2.93.